The Morgan fingerprint density at radius 3 is 2.67 bits per heavy atom. The highest BCUT2D eigenvalue weighted by Gasteiger charge is 2.01. The summed E-state index contributed by atoms with van der Waals surface area (Å²) < 4.78 is 17.2. The van der Waals surface area contributed by atoms with E-state index in [-0.39, 0.29) is 11.8 Å². The number of halogens is 1. The molecular formula is C12H15FN2O2S. The van der Waals surface area contributed by atoms with Crippen molar-refractivity contribution in [3.8, 4) is 0 Å². The fraction of sp³-hybridized carbons (Fsp3) is 0.333. The lowest BCUT2D eigenvalue weighted by molar-refractivity contribution is -0.140. The highest BCUT2D eigenvalue weighted by molar-refractivity contribution is 7.80. The van der Waals surface area contributed by atoms with Crippen LogP contribution < -0.4 is 10.6 Å². The van der Waals surface area contributed by atoms with Gasteiger partial charge in [-0.05, 0) is 42.9 Å². The molecule has 0 amide bonds. The SMILES string of the molecule is COC(=O)CCCNC(=S)Nc1ccc(F)cc1. The molecule has 0 aromatic heterocycles. The zero-order valence-electron chi connectivity index (χ0n) is 10.0. The summed E-state index contributed by atoms with van der Waals surface area (Å²) in [6, 6.07) is 5.89. The van der Waals surface area contributed by atoms with Crippen LogP contribution in [0.4, 0.5) is 10.1 Å². The van der Waals surface area contributed by atoms with Gasteiger partial charge >= 0.3 is 5.97 Å². The number of benzene rings is 1. The van der Waals surface area contributed by atoms with Crippen molar-refractivity contribution in [2.75, 3.05) is 19.0 Å². The average Bonchev–Trinajstić information content (AvgIpc) is 2.37. The van der Waals surface area contributed by atoms with Crippen molar-refractivity contribution in [3.63, 3.8) is 0 Å². The first-order valence-electron chi connectivity index (χ1n) is 5.49. The zero-order valence-corrected chi connectivity index (χ0v) is 10.8. The molecule has 0 saturated carbocycles. The highest BCUT2D eigenvalue weighted by Crippen LogP contribution is 2.07. The van der Waals surface area contributed by atoms with Gasteiger partial charge in [0.05, 0.1) is 7.11 Å². The van der Waals surface area contributed by atoms with Gasteiger partial charge in [0.2, 0.25) is 0 Å². The Morgan fingerprint density at radius 2 is 2.06 bits per heavy atom. The Kier molecular flexibility index (Phi) is 6.07. The standard InChI is InChI=1S/C12H15FN2O2S/c1-17-11(16)3-2-8-14-12(18)15-10-6-4-9(13)5-7-10/h4-7H,2-3,8H2,1H3,(H2,14,15,18). The molecule has 0 heterocycles. The second kappa shape index (κ2) is 7.60. The second-order valence-corrected chi connectivity index (χ2v) is 3.98. The smallest absolute Gasteiger partial charge is 0.305 e. The van der Waals surface area contributed by atoms with Crippen molar-refractivity contribution in [1.29, 1.82) is 0 Å². The van der Waals surface area contributed by atoms with Crippen LogP contribution in [0, 0.1) is 5.82 Å². The number of carbonyl (C=O) groups is 1. The summed E-state index contributed by atoms with van der Waals surface area (Å²) in [5.74, 6) is -0.535. The molecule has 0 unspecified atom stereocenters. The third-order valence-electron chi connectivity index (χ3n) is 2.17. The van der Waals surface area contributed by atoms with Crippen molar-refractivity contribution in [1.82, 2.24) is 5.32 Å². The van der Waals surface area contributed by atoms with Gasteiger partial charge in [0.25, 0.3) is 0 Å². The van der Waals surface area contributed by atoms with Gasteiger partial charge in [-0.25, -0.2) is 4.39 Å². The number of nitrogens with one attached hydrogen (secondary N) is 2. The fourth-order valence-corrected chi connectivity index (χ4v) is 1.47. The Balaban J connectivity index is 2.21. The molecule has 0 radical (unpaired) electrons. The van der Waals surface area contributed by atoms with E-state index in [0.717, 1.165) is 0 Å². The van der Waals surface area contributed by atoms with E-state index in [0.29, 0.717) is 30.2 Å². The molecule has 18 heavy (non-hydrogen) atoms. The van der Waals surface area contributed by atoms with Crippen LogP contribution in [0.25, 0.3) is 0 Å². The molecule has 2 N–H and O–H groups in total. The average molecular weight is 270 g/mol. The fourth-order valence-electron chi connectivity index (χ4n) is 1.25. The molecule has 0 aliphatic rings. The van der Waals surface area contributed by atoms with E-state index in [1.165, 1.54) is 19.2 Å². The number of anilines is 1. The number of esters is 1. The number of rotatable bonds is 5. The van der Waals surface area contributed by atoms with Crippen molar-refractivity contribution in [2.45, 2.75) is 12.8 Å². The summed E-state index contributed by atoms with van der Waals surface area (Å²) in [5.41, 5.74) is 0.710. The van der Waals surface area contributed by atoms with Gasteiger partial charge in [-0.15, -0.1) is 0 Å². The molecule has 0 fully saturated rings. The van der Waals surface area contributed by atoms with Gasteiger partial charge in [0.15, 0.2) is 5.11 Å². The Hall–Kier alpha value is -1.69. The molecule has 0 spiro atoms. The Morgan fingerprint density at radius 1 is 1.39 bits per heavy atom. The molecule has 0 aliphatic carbocycles. The summed E-state index contributed by atoms with van der Waals surface area (Å²) >= 11 is 5.04. The molecule has 0 saturated heterocycles. The number of hydrogen-bond acceptors (Lipinski definition) is 3. The minimum Gasteiger partial charge on any atom is -0.469 e. The number of ether oxygens (including phenoxy) is 1. The number of methoxy groups -OCH3 is 1. The van der Waals surface area contributed by atoms with Crippen molar-refractivity contribution in [2.24, 2.45) is 0 Å². The molecule has 1 aromatic rings. The van der Waals surface area contributed by atoms with Crippen LogP contribution in [0.1, 0.15) is 12.8 Å². The third kappa shape index (κ3) is 5.58. The molecule has 6 heteroatoms. The van der Waals surface area contributed by atoms with E-state index < -0.39 is 0 Å². The van der Waals surface area contributed by atoms with Crippen LogP contribution >= 0.6 is 12.2 Å². The maximum absolute atomic E-state index is 12.7. The molecule has 0 aliphatic heterocycles. The minimum atomic E-state index is -0.294. The van der Waals surface area contributed by atoms with Crippen LogP contribution in [0.15, 0.2) is 24.3 Å². The molecule has 0 atom stereocenters. The first-order valence-corrected chi connectivity index (χ1v) is 5.90. The van der Waals surface area contributed by atoms with E-state index in [4.69, 9.17) is 12.2 Å². The summed E-state index contributed by atoms with van der Waals surface area (Å²) in [5, 5.41) is 6.29. The maximum atomic E-state index is 12.7. The summed E-state index contributed by atoms with van der Waals surface area (Å²) in [6.45, 7) is 0.572. The Bertz CT molecular complexity index is 409. The monoisotopic (exact) mass is 270 g/mol. The Labute approximate surface area is 111 Å². The van der Waals surface area contributed by atoms with Gasteiger partial charge in [-0.1, -0.05) is 0 Å². The molecule has 98 valence electrons. The number of carbonyl (C=O) groups excluding carboxylic acids is 1. The van der Waals surface area contributed by atoms with Gasteiger partial charge in [0.1, 0.15) is 5.82 Å². The molecular weight excluding hydrogens is 255 g/mol. The topological polar surface area (TPSA) is 50.4 Å². The summed E-state index contributed by atoms with van der Waals surface area (Å²) in [7, 11) is 1.36. The van der Waals surface area contributed by atoms with E-state index in [2.05, 4.69) is 15.4 Å². The predicted molar refractivity (Wildman–Crippen MR) is 71.9 cm³/mol. The van der Waals surface area contributed by atoms with Crippen LogP contribution in [-0.4, -0.2) is 24.7 Å². The van der Waals surface area contributed by atoms with Crippen LogP contribution in [0.5, 0.6) is 0 Å². The number of hydrogen-bond donors (Lipinski definition) is 2. The van der Waals surface area contributed by atoms with E-state index in [9.17, 15) is 9.18 Å². The van der Waals surface area contributed by atoms with Crippen LogP contribution in [-0.2, 0) is 9.53 Å². The van der Waals surface area contributed by atoms with Crippen molar-refractivity contribution < 1.29 is 13.9 Å². The van der Waals surface area contributed by atoms with Crippen LogP contribution in [0.2, 0.25) is 0 Å². The third-order valence-corrected chi connectivity index (χ3v) is 2.42. The van der Waals surface area contributed by atoms with E-state index in [1.807, 2.05) is 0 Å². The maximum Gasteiger partial charge on any atom is 0.305 e. The summed E-state index contributed by atoms with van der Waals surface area (Å²) in [4.78, 5) is 10.8. The molecule has 4 nitrogen and oxygen atoms in total. The van der Waals surface area contributed by atoms with Gasteiger partial charge in [-0.2, -0.15) is 0 Å². The van der Waals surface area contributed by atoms with Gasteiger partial charge < -0.3 is 15.4 Å². The normalized spacial score (nSPS) is 9.67. The van der Waals surface area contributed by atoms with Crippen molar-refractivity contribution >= 4 is 29.0 Å². The van der Waals surface area contributed by atoms with Crippen LogP contribution in [0.3, 0.4) is 0 Å². The lowest BCUT2D eigenvalue weighted by atomic mass is 10.3. The molecule has 1 rings (SSSR count). The minimum absolute atomic E-state index is 0.241. The van der Waals surface area contributed by atoms with Crippen molar-refractivity contribution in [3.05, 3.63) is 30.1 Å². The first-order chi connectivity index (χ1) is 8.61. The lowest BCUT2D eigenvalue weighted by Gasteiger charge is -2.09. The van der Waals surface area contributed by atoms with E-state index >= 15 is 0 Å². The van der Waals surface area contributed by atoms with Gasteiger partial charge in [-0.3, -0.25) is 4.79 Å². The predicted octanol–water partition coefficient (Wildman–Crippen LogP) is 2.07. The first kappa shape index (κ1) is 14.4. The quantitative estimate of drug-likeness (QED) is 0.487. The summed E-state index contributed by atoms with van der Waals surface area (Å²) in [6.07, 6.45) is 0.987. The molecule has 1 aromatic carbocycles. The molecule has 0 bridgehead atoms. The lowest BCUT2D eigenvalue weighted by Crippen LogP contribution is -2.29. The van der Waals surface area contributed by atoms with E-state index in [1.54, 1.807) is 12.1 Å². The van der Waals surface area contributed by atoms with Gasteiger partial charge in [0, 0.05) is 18.7 Å². The zero-order chi connectivity index (χ0) is 13.4. The largest absolute Gasteiger partial charge is 0.469 e. The highest BCUT2D eigenvalue weighted by atomic mass is 32.1. The second-order valence-electron chi connectivity index (χ2n) is 3.57. The number of thiocarbonyl (C=S) groups is 1.